The minimum atomic E-state index is -2.97. The van der Waals surface area contributed by atoms with Crippen molar-refractivity contribution in [1.29, 1.82) is 0 Å². The maximum Gasteiger partial charge on any atom is 0.226 e. The largest absolute Gasteiger partial charge is 0.444 e. The van der Waals surface area contributed by atoms with E-state index in [1.165, 1.54) is 11.8 Å². The van der Waals surface area contributed by atoms with Crippen molar-refractivity contribution in [2.75, 3.05) is 25.1 Å². The Morgan fingerprint density at radius 3 is 2.52 bits per heavy atom. The molecule has 0 aliphatic carbocycles. The summed E-state index contributed by atoms with van der Waals surface area (Å²) in [6.07, 6.45) is 3.48. The molecule has 0 atom stereocenters. The second-order valence-electron chi connectivity index (χ2n) is 8.10. The van der Waals surface area contributed by atoms with E-state index >= 15 is 0 Å². The fraction of sp³-hybridized carbons (Fsp3) is 0.524. The number of sulfone groups is 1. The van der Waals surface area contributed by atoms with Crippen LogP contribution in [0.3, 0.4) is 0 Å². The number of hydrogen-bond donors (Lipinski definition) is 2. The highest BCUT2D eigenvalue weighted by atomic mass is 32.2. The van der Waals surface area contributed by atoms with Crippen molar-refractivity contribution in [2.24, 2.45) is 10.4 Å². The summed E-state index contributed by atoms with van der Waals surface area (Å²) in [5, 5.41) is 6.50. The summed E-state index contributed by atoms with van der Waals surface area (Å²) in [6, 6.07) is 8.02. The third kappa shape index (κ3) is 8.27. The predicted octanol–water partition coefficient (Wildman–Crippen LogP) is 3.17. The molecule has 1 heterocycles. The van der Waals surface area contributed by atoms with Crippen LogP contribution in [0.15, 0.2) is 39.9 Å². The van der Waals surface area contributed by atoms with Crippen LogP contribution in [0.25, 0.3) is 11.5 Å². The highest BCUT2D eigenvalue weighted by molar-refractivity contribution is 7.90. The molecule has 7 nitrogen and oxygen atoms in total. The molecule has 29 heavy (non-hydrogen) atoms. The highest BCUT2D eigenvalue weighted by Crippen LogP contribution is 2.20. The first-order valence-electron chi connectivity index (χ1n) is 9.79. The number of oxazole rings is 1. The maximum atomic E-state index is 11.4. The molecule has 2 N–H and O–H groups in total. The number of nitrogens with zero attached hydrogens (tertiary/aromatic N) is 2. The molecule has 2 rings (SSSR count). The smallest absolute Gasteiger partial charge is 0.226 e. The summed E-state index contributed by atoms with van der Waals surface area (Å²) in [5.41, 5.74) is 2.69. The van der Waals surface area contributed by atoms with E-state index in [1.54, 1.807) is 6.26 Å². The minimum Gasteiger partial charge on any atom is -0.444 e. The molecular weight excluding hydrogens is 388 g/mol. The first-order valence-corrected chi connectivity index (χ1v) is 11.9. The quantitative estimate of drug-likeness (QED) is 0.478. The molecule has 8 heteroatoms. The fourth-order valence-corrected chi connectivity index (χ4v) is 3.51. The first-order chi connectivity index (χ1) is 13.6. The summed E-state index contributed by atoms with van der Waals surface area (Å²) >= 11 is 0. The third-order valence-corrected chi connectivity index (χ3v) is 5.42. The minimum absolute atomic E-state index is 0.175. The molecule has 1 aromatic carbocycles. The zero-order chi connectivity index (χ0) is 21.5. The molecule has 0 amide bonds. The molecule has 2 aromatic rings. The maximum absolute atomic E-state index is 11.4. The Hall–Kier alpha value is -2.35. The molecule has 0 bridgehead atoms. The number of aliphatic imine (C=N–C) groups is 1. The summed E-state index contributed by atoms with van der Waals surface area (Å²) in [4.78, 5) is 9.08. The monoisotopic (exact) mass is 420 g/mol. The van der Waals surface area contributed by atoms with Crippen LogP contribution >= 0.6 is 0 Å². The number of aryl methyl sites for hydroxylation is 1. The van der Waals surface area contributed by atoms with Gasteiger partial charge in [-0.25, -0.2) is 18.4 Å². The van der Waals surface area contributed by atoms with E-state index in [4.69, 9.17) is 4.42 Å². The van der Waals surface area contributed by atoms with Crippen LogP contribution in [0.2, 0.25) is 0 Å². The van der Waals surface area contributed by atoms with Gasteiger partial charge < -0.3 is 15.1 Å². The lowest BCUT2D eigenvalue weighted by molar-refractivity contribution is 0.348. The summed E-state index contributed by atoms with van der Waals surface area (Å²) in [5.74, 6) is 1.42. The van der Waals surface area contributed by atoms with Crippen molar-refractivity contribution in [3.8, 4) is 11.5 Å². The van der Waals surface area contributed by atoms with Gasteiger partial charge in [0.05, 0.1) is 12.3 Å². The number of nitrogens with one attached hydrogen (secondary N) is 2. The lowest BCUT2D eigenvalue weighted by Gasteiger charge is -2.25. The molecule has 0 unspecified atom stereocenters. The van der Waals surface area contributed by atoms with Crippen LogP contribution in [-0.2, 0) is 16.4 Å². The number of benzene rings is 1. The van der Waals surface area contributed by atoms with E-state index in [0.717, 1.165) is 17.8 Å². The Kier molecular flexibility index (Phi) is 7.84. The molecule has 0 spiro atoms. The Morgan fingerprint density at radius 1 is 1.21 bits per heavy atom. The molecular formula is C21H32N4O3S. The Morgan fingerprint density at radius 2 is 1.90 bits per heavy atom. The normalized spacial score (nSPS) is 12.8. The van der Waals surface area contributed by atoms with Gasteiger partial charge in [-0.2, -0.15) is 0 Å². The lowest BCUT2D eigenvalue weighted by atomic mass is 9.90. The molecule has 1 aromatic heterocycles. The molecule has 0 radical (unpaired) electrons. The van der Waals surface area contributed by atoms with Crippen LogP contribution < -0.4 is 10.6 Å². The van der Waals surface area contributed by atoms with Crippen molar-refractivity contribution in [1.82, 2.24) is 15.6 Å². The van der Waals surface area contributed by atoms with Gasteiger partial charge in [0.2, 0.25) is 5.89 Å². The number of hydrogen-bond acceptors (Lipinski definition) is 5. The number of guanidine groups is 1. The van der Waals surface area contributed by atoms with Crippen molar-refractivity contribution in [3.05, 3.63) is 41.8 Å². The Bertz CT molecular complexity index is 916. The number of aromatic nitrogens is 1. The van der Waals surface area contributed by atoms with E-state index in [0.29, 0.717) is 31.4 Å². The summed E-state index contributed by atoms with van der Waals surface area (Å²) in [6.45, 7) is 9.84. The van der Waals surface area contributed by atoms with Gasteiger partial charge in [0.1, 0.15) is 21.8 Å². The van der Waals surface area contributed by atoms with E-state index in [2.05, 4.69) is 20.6 Å². The van der Waals surface area contributed by atoms with Gasteiger partial charge in [-0.05, 0) is 37.8 Å². The van der Waals surface area contributed by atoms with Crippen LogP contribution in [0, 0.1) is 12.3 Å². The van der Waals surface area contributed by atoms with Crippen molar-refractivity contribution < 1.29 is 12.8 Å². The van der Waals surface area contributed by atoms with Crippen molar-refractivity contribution >= 4 is 15.8 Å². The van der Waals surface area contributed by atoms with Gasteiger partial charge >= 0.3 is 0 Å². The lowest BCUT2D eigenvalue weighted by Crippen LogP contribution is -2.42. The summed E-state index contributed by atoms with van der Waals surface area (Å²) in [7, 11) is -2.97. The van der Waals surface area contributed by atoms with Gasteiger partial charge in [0.25, 0.3) is 0 Å². The summed E-state index contributed by atoms with van der Waals surface area (Å²) < 4.78 is 28.4. The zero-order valence-corrected chi connectivity index (χ0v) is 18.8. The predicted molar refractivity (Wildman–Crippen MR) is 118 cm³/mol. The Balaban J connectivity index is 1.97. The third-order valence-electron chi connectivity index (χ3n) is 4.48. The topological polar surface area (TPSA) is 96.6 Å². The van der Waals surface area contributed by atoms with Crippen LogP contribution in [0.4, 0.5) is 0 Å². The number of rotatable bonds is 9. The van der Waals surface area contributed by atoms with E-state index in [1.807, 2.05) is 52.0 Å². The van der Waals surface area contributed by atoms with Crippen molar-refractivity contribution in [3.63, 3.8) is 0 Å². The molecule has 0 aliphatic heterocycles. The van der Waals surface area contributed by atoms with Crippen molar-refractivity contribution in [2.45, 2.75) is 40.7 Å². The highest BCUT2D eigenvalue weighted by Gasteiger charge is 2.20. The van der Waals surface area contributed by atoms with Gasteiger partial charge in [0.15, 0.2) is 5.96 Å². The van der Waals surface area contributed by atoms with E-state index < -0.39 is 9.84 Å². The average Bonchev–Trinajstić information content (AvgIpc) is 3.12. The second kappa shape index (κ2) is 9.91. The average molecular weight is 421 g/mol. The zero-order valence-electron chi connectivity index (χ0n) is 17.9. The first kappa shape index (κ1) is 22.9. The van der Waals surface area contributed by atoms with Gasteiger partial charge in [-0.15, -0.1) is 0 Å². The van der Waals surface area contributed by atoms with Gasteiger partial charge in [-0.1, -0.05) is 31.5 Å². The molecule has 0 saturated heterocycles. The molecule has 160 valence electrons. The van der Waals surface area contributed by atoms with E-state index in [-0.39, 0.29) is 11.2 Å². The van der Waals surface area contributed by atoms with Crippen LogP contribution in [0.5, 0.6) is 0 Å². The second-order valence-corrected chi connectivity index (χ2v) is 10.4. The SMILES string of the molecule is CCNC(=NCc1coc(-c2ccc(C)cc2)n1)NCC(C)(C)CCS(C)(=O)=O. The Labute approximate surface area is 174 Å². The standard InChI is InChI=1S/C21H32N4O3S/c1-6-22-20(24-15-21(3,4)11-12-29(5,26)27)23-13-18-14-28-19(25-18)17-9-7-16(2)8-10-17/h7-10,14H,6,11-13,15H2,1-5H3,(H2,22,23,24). The van der Waals surface area contributed by atoms with Gasteiger partial charge in [-0.3, -0.25) is 0 Å². The van der Waals surface area contributed by atoms with E-state index in [9.17, 15) is 8.42 Å². The molecule has 0 aliphatic rings. The molecule has 0 fully saturated rings. The van der Waals surface area contributed by atoms with Crippen LogP contribution in [-0.4, -0.2) is 44.5 Å². The van der Waals surface area contributed by atoms with Crippen LogP contribution in [0.1, 0.15) is 38.4 Å². The van der Waals surface area contributed by atoms with Gasteiger partial charge in [0, 0.05) is 24.9 Å². The fourth-order valence-electron chi connectivity index (χ4n) is 2.58. The molecule has 0 saturated carbocycles.